The van der Waals surface area contributed by atoms with Crippen LogP contribution in [0.2, 0.25) is 0 Å². The predicted octanol–water partition coefficient (Wildman–Crippen LogP) is 3.89. The second kappa shape index (κ2) is 8.18. The lowest BCUT2D eigenvalue weighted by Crippen LogP contribution is -2.66. The fraction of sp³-hybridized carbons (Fsp3) is 0.565. The number of hydrogen-bond donors (Lipinski definition) is 0. The minimum atomic E-state index is -0.283. The molecule has 0 spiro atoms. The highest BCUT2D eigenvalue weighted by Gasteiger charge is 2.52. The van der Waals surface area contributed by atoms with Crippen LogP contribution in [-0.2, 0) is 20.8 Å². The molecule has 0 aliphatic carbocycles. The maximum Gasteiger partial charge on any atom is 0.253 e. The number of benzene rings is 1. The number of rotatable bonds is 7. The lowest BCUT2D eigenvalue weighted by atomic mass is 9.73. The van der Waals surface area contributed by atoms with E-state index in [1.807, 2.05) is 18.2 Å². The van der Waals surface area contributed by atoms with Gasteiger partial charge in [-0.15, -0.1) is 0 Å². The van der Waals surface area contributed by atoms with E-state index in [0.29, 0.717) is 13.0 Å². The van der Waals surface area contributed by atoms with Gasteiger partial charge in [0.2, 0.25) is 0 Å². The Balaban J connectivity index is 1.77. The van der Waals surface area contributed by atoms with Gasteiger partial charge in [0.15, 0.2) is 0 Å². The van der Waals surface area contributed by atoms with Crippen molar-refractivity contribution in [3.63, 3.8) is 0 Å². The van der Waals surface area contributed by atoms with Gasteiger partial charge in [-0.3, -0.25) is 19.3 Å². The molecular weight excluding hydrogens is 352 g/mol. The quantitative estimate of drug-likeness (QED) is 0.669. The Bertz CT molecular complexity index is 719. The van der Waals surface area contributed by atoms with Gasteiger partial charge in [-0.25, -0.2) is 0 Å². The van der Waals surface area contributed by atoms with Gasteiger partial charge in [0, 0.05) is 29.3 Å². The highest BCUT2D eigenvalue weighted by molar-refractivity contribution is 6.13. The summed E-state index contributed by atoms with van der Waals surface area (Å²) in [6, 6.07) is 10.2. The zero-order valence-electron chi connectivity index (χ0n) is 17.5. The summed E-state index contributed by atoms with van der Waals surface area (Å²) in [6.07, 6.45) is 6.88. The largest absolute Gasteiger partial charge is 0.298 e. The van der Waals surface area contributed by atoms with Crippen LogP contribution in [0.3, 0.4) is 0 Å². The summed E-state index contributed by atoms with van der Waals surface area (Å²) in [5.74, 6) is -0.379. The number of nitrogens with zero attached hydrogens (tertiary/aromatic N) is 2. The van der Waals surface area contributed by atoms with Crippen molar-refractivity contribution in [1.82, 2.24) is 9.96 Å². The molecule has 0 saturated carbocycles. The number of carbonyl (C=O) groups is 2. The average Bonchev–Trinajstić information content (AvgIpc) is 3.01. The second-order valence-electron chi connectivity index (χ2n) is 8.55. The normalized spacial score (nSPS) is 24.1. The third kappa shape index (κ3) is 3.91. The van der Waals surface area contributed by atoms with Crippen molar-refractivity contribution in [3.8, 4) is 0 Å². The van der Waals surface area contributed by atoms with Crippen LogP contribution in [0.15, 0.2) is 42.5 Å². The van der Waals surface area contributed by atoms with Gasteiger partial charge >= 0.3 is 0 Å². The Hall–Kier alpha value is -1.98. The van der Waals surface area contributed by atoms with Crippen LogP contribution < -0.4 is 0 Å². The molecule has 5 nitrogen and oxygen atoms in total. The van der Waals surface area contributed by atoms with Crippen LogP contribution in [-0.4, -0.2) is 45.5 Å². The summed E-state index contributed by atoms with van der Waals surface area (Å²) in [6.45, 7) is 9.26. The third-order valence-electron chi connectivity index (χ3n) is 6.31. The summed E-state index contributed by atoms with van der Waals surface area (Å²) in [7, 11) is 0. The molecule has 2 aliphatic heterocycles. The first-order valence-electron chi connectivity index (χ1n) is 10.4. The van der Waals surface area contributed by atoms with Crippen LogP contribution in [0.5, 0.6) is 0 Å². The topological polar surface area (TPSA) is 49.9 Å². The predicted molar refractivity (Wildman–Crippen MR) is 109 cm³/mol. The molecule has 1 saturated heterocycles. The maximum absolute atomic E-state index is 12.3. The Labute approximate surface area is 168 Å². The van der Waals surface area contributed by atoms with Crippen molar-refractivity contribution in [2.24, 2.45) is 0 Å². The van der Waals surface area contributed by atoms with Crippen molar-refractivity contribution in [3.05, 3.63) is 48.0 Å². The molecule has 1 unspecified atom stereocenters. The van der Waals surface area contributed by atoms with Gasteiger partial charge in [0.1, 0.15) is 0 Å². The molecule has 28 heavy (non-hydrogen) atoms. The van der Waals surface area contributed by atoms with Gasteiger partial charge in [-0.05, 0) is 51.5 Å². The van der Waals surface area contributed by atoms with Crippen LogP contribution >= 0.6 is 0 Å². The molecule has 0 N–H and O–H groups in total. The van der Waals surface area contributed by atoms with E-state index in [1.54, 1.807) is 0 Å². The molecule has 0 radical (unpaired) electrons. The Kier molecular flexibility index (Phi) is 6.06. The molecule has 2 aliphatic rings. The Morgan fingerprint density at radius 3 is 2.18 bits per heavy atom. The molecule has 1 aromatic carbocycles. The van der Waals surface area contributed by atoms with Crippen molar-refractivity contribution in [2.75, 3.05) is 6.61 Å². The molecule has 0 aromatic heterocycles. The second-order valence-corrected chi connectivity index (χ2v) is 8.55. The van der Waals surface area contributed by atoms with Gasteiger partial charge in [0.25, 0.3) is 11.8 Å². The fourth-order valence-electron chi connectivity index (χ4n) is 4.89. The van der Waals surface area contributed by atoms with E-state index in [9.17, 15) is 9.59 Å². The maximum atomic E-state index is 12.3. The number of amides is 2. The summed E-state index contributed by atoms with van der Waals surface area (Å²) in [5, 5.41) is 2.18. The summed E-state index contributed by atoms with van der Waals surface area (Å²) in [5.41, 5.74) is 0.772. The van der Waals surface area contributed by atoms with Crippen LogP contribution in [0, 0.1) is 0 Å². The lowest BCUT2D eigenvalue weighted by molar-refractivity contribution is -0.296. The molecule has 1 fully saturated rings. The molecule has 1 atom stereocenters. The highest BCUT2D eigenvalue weighted by Crippen LogP contribution is 2.44. The van der Waals surface area contributed by atoms with Crippen molar-refractivity contribution in [2.45, 2.75) is 76.9 Å². The van der Waals surface area contributed by atoms with E-state index in [2.05, 4.69) is 44.9 Å². The van der Waals surface area contributed by atoms with Crippen LogP contribution in [0.25, 0.3) is 0 Å². The minimum Gasteiger partial charge on any atom is -0.298 e. The number of hydrogen-bond acceptors (Lipinski definition) is 4. The van der Waals surface area contributed by atoms with E-state index >= 15 is 0 Å². The third-order valence-corrected chi connectivity index (χ3v) is 6.31. The Morgan fingerprint density at radius 2 is 1.61 bits per heavy atom. The molecule has 2 heterocycles. The van der Waals surface area contributed by atoms with Gasteiger partial charge in [0.05, 0.1) is 6.61 Å². The first-order chi connectivity index (χ1) is 13.3. The number of piperidine rings is 1. The van der Waals surface area contributed by atoms with Gasteiger partial charge in [-0.2, -0.15) is 5.06 Å². The lowest BCUT2D eigenvalue weighted by Gasteiger charge is -2.57. The first-order valence-corrected chi connectivity index (χ1v) is 10.4. The molecule has 1 aromatic rings. The number of imide groups is 1. The van der Waals surface area contributed by atoms with E-state index in [0.717, 1.165) is 25.7 Å². The smallest absolute Gasteiger partial charge is 0.253 e. The SMILES string of the molecule is CCC1(CC)CC(N2C(=O)C=CC2=O)CC(C)(C)N1OCCc1ccccc1. The highest BCUT2D eigenvalue weighted by atomic mass is 16.7. The van der Waals surface area contributed by atoms with Gasteiger partial charge < -0.3 is 0 Å². The first kappa shape index (κ1) is 20.7. The number of carbonyl (C=O) groups excluding carboxylic acids is 2. The fourth-order valence-corrected chi connectivity index (χ4v) is 4.89. The molecule has 2 amide bonds. The summed E-state index contributed by atoms with van der Waals surface area (Å²) < 4.78 is 0. The molecule has 3 rings (SSSR count). The van der Waals surface area contributed by atoms with E-state index in [1.165, 1.54) is 22.6 Å². The molecular formula is C23H32N2O3. The average molecular weight is 385 g/mol. The minimum absolute atomic E-state index is 0.0983. The van der Waals surface area contributed by atoms with Crippen LogP contribution in [0.1, 0.15) is 58.9 Å². The van der Waals surface area contributed by atoms with Crippen molar-refractivity contribution in [1.29, 1.82) is 0 Å². The van der Waals surface area contributed by atoms with Gasteiger partial charge in [-0.1, -0.05) is 44.2 Å². The molecule has 152 valence electrons. The summed E-state index contributed by atoms with van der Waals surface area (Å²) >= 11 is 0. The Morgan fingerprint density at radius 1 is 1.00 bits per heavy atom. The summed E-state index contributed by atoms with van der Waals surface area (Å²) in [4.78, 5) is 32.4. The van der Waals surface area contributed by atoms with E-state index in [4.69, 9.17) is 4.84 Å². The van der Waals surface area contributed by atoms with E-state index in [-0.39, 0.29) is 28.9 Å². The zero-order chi connectivity index (χ0) is 20.4. The van der Waals surface area contributed by atoms with E-state index < -0.39 is 0 Å². The zero-order valence-corrected chi connectivity index (χ0v) is 17.5. The standard InChI is InChI=1S/C23H32N2O3/c1-5-23(6-2)17-19(24-20(26)12-13-21(24)27)16-22(3,4)25(23)28-15-14-18-10-8-7-9-11-18/h7-13,19H,5-6,14-17H2,1-4H3. The van der Waals surface area contributed by atoms with Crippen molar-refractivity contribution < 1.29 is 14.4 Å². The monoisotopic (exact) mass is 384 g/mol. The van der Waals surface area contributed by atoms with Crippen LogP contribution in [0.4, 0.5) is 0 Å². The number of hydroxylamine groups is 2. The molecule has 5 heteroatoms. The molecule has 0 bridgehead atoms. The van der Waals surface area contributed by atoms with Crippen molar-refractivity contribution >= 4 is 11.8 Å².